The number of hydrogen-bond acceptors (Lipinski definition) is 4. The third-order valence-corrected chi connectivity index (χ3v) is 4.84. The van der Waals surface area contributed by atoms with Gasteiger partial charge in [-0.3, -0.25) is 14.8 Å². The van der Waals surface area contributed by atoms with Crippen molar-refractivity contribution in [2.24, 2.45) is 0 Å². The Morgan fingerprint density at radius 2 is 2.08 bits per heavy atom. The zero-order chi connectivity index (χ0) is 17.5. The molecule has 1 unspecified atom stereocenters. The summed E-state index contributed by atoms with van der Waals surface area (Å²) < 4.78 is 0. The molecular weight excluding hydrogens is 316 g/mol. The average molecular weight is 342 g/mol. The number of H-pyrrole nitrogens is 1. The van der Waals surface area contributed by atoms with Gasteiger partial charge in [0.05, 0.1) is 0 Å². The lowest BCUT2D eigenvalue weighted by atomic mass is 10.1. The number of piperazine rings is 1. The first-order valence-electron chi connectivity index (χ1n) is 8.95. The molecule has 2 aromatic rings. The highest BCUT2D eigenvalue weighted by molar-refractivity contribution is 5.92. The van der Waals surface area contributed by atoms with Gasteiger partial charge >= 0.3 is 0 Å². The Labute approximate surface area is 148 Å². The number of aryl methyl sites for hydroxylation is 1. The number of aromatic nitrogens is 2. The predicted octanol–water partition coefficient (Wildman–Crippen LogP) is 1.55. The average Bonchev–Trinajstić information content (AvgIpc) is 3.18. The Bertz CT molecular complexity index is 645. The normalized spacial score (nSPS) is 18.4. The van der Waals surface area contributed by atoms with Crippen molar-refractivity contribution in [3.8, 4) is 0 Å². The van der Waals surface area contributed by atoms with E-state index in [1.807, 2.05) is 11.0 Å². The maximum Gasteiger partial charge on any atom is 0.271 e. The van der Waals surface area contributed by atoms with Crippen LogP contribution in [0.4, 0.5) is 0 Å². The standard InChI is InChI=1S/C19H26N4O2/c24-14-9-17-15-23(19(25)18-8-10-20-21-18)13-12-22(17)11-4-7-16-5-2-1-3-6-16/h1-3,5-6,8,10,17,24H,4,7,9,11-15H2,(H,20,21). The number of aliphatic hydroxyl groups excluding tert-OH is 1. The predicted molar refractivity (Wildman–Crippen MR) is 96.3 cm³/mol. The van der Waals surface area contributed by atoms with Gasteiger partial charge in [-0.05, 0) is 37.4 Å². The van der Waals surface area contributed by atoms with E-state index >= 15 is 0 Å². The van der Waals surface area contributed by atoms with E-state index < -0.39 is 0 Å². The van der Waals surface area contributed by atoms with E-state index in [-0.39, 0.29) is 18.6 Å². The zero-order valence-corrected chi connectivity index (χ0v) is 14.5. The SMILES string of the molecule is O=C(c1ccn[nH]1)N1CCN(CCCc2ccccc2)C(CCO)C1. The van der Waals surface area contributed by atoms with Gasteiger partial charge < -0.3 is 10.0 Å². The maximum absolute atomic E-state index is 12.5. The highest BCUT2D eigenvalue weighted by Gasteiger charge is 2.29. The van der Waals surface area contributed by atoms with Gasteiger partial charge in [0, 0.05) is 38.5 Å². The second-order valence-corrected chi connectivity index (χ2v) is 6.51. The van der Waals surface area contributed by atoms with Crippen molar-refractivity contribution in [2.45, 2.75) is 25.3 Å². The lowest BCUT2D eigenvalue weighted by Crippen LogP contribution is -2.55. The summed E-state index contributed by atoms with van der Waals surface area (Å²) in [6.07, 6.45) is 4.43. The molecule has 6 nitrogen and oxygen atoms in total. The maximum atomic E-state index is 12.5. The molecule has 0 saturated carbocycles. The number of aliphatic hydroxyl groups is 1. The van der Waals surface area contributed by atoms with Crippen LogP contribution in [0.2, 0.25) is 0 Å². The van der Waals surface area contributed by atoms with Crippen molar-refractivity contribution in [2.75, 3.05) is 32.8 Å². The van der Waals surface area contributed by atoms with Crippen molar-refractivity contribution in [3.63, 3.8) is 0 Å². The molecule has 1 aliphatic heterocycles. The molecule has 0 aliphatic carbocycles. The molecule has 1 aliphatic rings. The van der Waals surface area contributed by atoms with Crippen molar-refractivity contribution < 1.29 is 9.90 Å². The summed E-state index contributed by atoms with van der Waals surface area (Å²) in [5.41, 5.74) is 1.88. The number of benzene rings is 1. The fourth-order valence-electron chi connectivity index (χ4n) is 3.47. The Hall–Kier alpha value is -2.18. The van der Waals surface area contributed by atoms with Crippen LogP contribution in [-0.4, -0.2) is 69.8 Å². The summed E-state index contributed by atoms with van der Waals surface area (Å²) in [7, 11) is 0. The van der Waals surface area contributed by atoms with Gasteiger partial charge in [-0.2, -0.15) is 5.10 Å². The fourth-order valence-corrected chi connectivity index (χ4v) is 3.47. The van der Waals surface area contributed by atoms with Crippen LogP contribution in [-0.2, 0) is 6.42 Å². The first-order chi connectivity index (χ1) is 12.3. The van der Waals surface area contributed by atoms with Gasteiger partial charge in [-0.15, -0.1) is 0 Å². The largest absolute Gasteiger partial charge is 0.396 e. The zero-order valence-electron chi connectivity index (χ0n) is 14.5. The Kier molecular flexibility index (Phi) is 6.19. The van der Waals surface area contributed by atoms with Crippen LogP contribution in [0.3, 0.4) is 0 Å². The summed E-state index contributed by atoms with van der Waals surface area (Å²) in [4.78, 5) is 16.8. The number of carbonyl (C=O) groups is 1. The van der Waals surface area contributed by atoms with Gasteiger partial charge in [0.1, 0.15) is 5.69 Å². The number of hydrogen-bond donors (Lipinski definition) is 2. The third-order valence-electron chi connectivity index (χ3n) is 4.84. The van der Waals surface area contributed by atoms with Gasteiger partial charge in [-0.25, -0.2) is 0 Å². The Balaban J connectivity index is 1.53. The number of rotatable bonds is 7. The topological polar surface area (TPSA) is 72.5 Å². The number of nitrogens with zero attached hydrogens (tertiary/aromatic N) is 3. The first kappa shape index (κ1) is 17.6. The van der Waals surface area contributed by atoms with Crippen molar-refractivity contribution in [3.05, 3.63) is 53.9 Å². The molecule has 134 valence electrons. The van der Waals surface area contributed by atoms with E-state index in [1.165, 1.54) is 5.56 Å². The molecule has 0 bridgehead atoms. The minimum absolute atomic E-state index is 0.00984. The lowest BCUT2D eigenvalue weighted by molar-refractivity contribution is 0.0414. The smallest absolute Gasteiger partial charge is 0.271 e. The van der Waals surface area contributed by atoms with Crippen molar-refractivity contribution in [1.82, 2.24) is 20.0 Å². The molecular formula is C19H26N4O2. The second-order valence-electron chi connectivity index (χ2n) is 6.51. The van der Waals surface area contributed by atoms with Crippen molar-refractivity contribution in [1.29, 1.82) is 0 Å². The molecule has 25 heavy (non-hydrogen) atoms. The lowest BCUT2D eigenvalue weighted by Gasteiger charge is -2.41. The van der Waals surface area contributed by atoms with E-state index in [9.17, 15) is 9.90 Å². The number of carbonyl (C=O) groups excluding carboxylic acids is 1. The summed E-state index contributed by atoms with van der Waals surface area (Å²) in [5.74, 6) is -0.00984. The summed E-state index contributed by atoms with van der Waals surface area (Å²) >= 11 is 0. The summed E-state index contributed by atoms with van der Waals surface area (Å²) in [5, 5.41) is 16.0. The number of nitrogens with one attached hydrogen (secondary N) is 1. The van der Waals surface area contributed by atoms with Crippen molar-refractivity contribution >= 4 is 5.91 Å². The van der Waals surface area contributed by atoms with Crippen LogP contribution < -0.4 is 0 Å². The Morgan fingerprint density at radius 3 is 2.80 bits per heavy atom. The van der Waals surface area contributed by atoms with Crippen LogP contribution in [0.25, 0.3) is 0 Å². The molecule has 1 amide bonds. The van der Waals surface area contributed by atoms with Gasteiger partial charge in [0.25, 0.3) is 5.91 Å². The van der Waals surface area contributed by atoms with Gasteiger partial charge in [-0.1, -0.05) is 30.3 Å². The molecule has 2 N–H and O–H groups in total. The molecule has 0 radical (unpaired) electrons. The Morgan fingerprint density at radius 1 is 1.24 bits per heavy atom. The van der Waals surface area contributed by atoms with E-state index in [0.717, 1.165) is 25.9 Å². The third kappa shape index (κ3) is 4.67. The van der Waals surface area contributed by atoms with E-state index in [4.69, 9.17) is 0 Å². The van der Waals surface area contributed by atoms with E-state index in [1.54, 1.807) is 12.3 Å². The van der Waals surface area contributed by atoms with Gasteiger partial charge in [0.15, 0.2) is 0 Å². The van der Waals surface area contributed by atoms with Crippen LogP contribution in [0.15, 0.2) is 42.6 Å². The van der Waals surface area contributed by atoms with Crippen LogP contribution in [0, 0.1) is 0 Å². The molecule has 1 aromatic heterocycles. The molecule has 3 rings (SSSR count). The molecule has 1 aromatic carbocycles. The van der Waals surface area contributed by atoms with Gasteiger partial charge in [0.2, 0.25) is 0 Å². The number of amides is 1. The molecule has 1 atom stereocenters. The molecule has 2 heterocycles. The summed E-state index contributed by atoms with van der Waals surface area (Å²) in [6.45, 7) is 3.35. The van der Waals surface area contributed by atoms with Crippen LogP contribution in [0.5, 0.6) is 0 Å². The second kappa shape index (κ2) is 8.78. The minimum atomic E-state index is -0.00984. The molecule has 1 fully saturated rings. The fraction of sp³-hybridized carbons (Fsp3) is 0.474. The van der Waals surface area contributed by atoms with Crippen LogP contribution >= 0.6 is 0 Å². The first-order valence-corrected chi connectivity index (χ1v) is 8.95. The number of aromatic amines is 1. The molecule has 6 heteroatoms. The van der Waals surface area contributed by atoms with E-state index in [2.05, 4.69) is 39.4 Å². The molecule has 0 spiro atoms. The monoisotopic (exact) mass is 342 g/mol. The molecule has 1 saturated heterocycles. The highest BCUT2D eigenvalue weighted by atomic mass is 16.3. The highest BCUT2D eigenvalue weighted by Crippen LogP contribution is 2.16. The van der Waals surface area contributed by atoms with Crippen LogP contribution in [0.1, 0.15) is 28.9 Å². The van der Waals surface area contributed by atoms with E-state index in [0.29, 0.717) is 25.2 Å². The minimum Gasteiger partial charge on any atom is -0.396 e. The quantitative estimate of drug-likeness (QED) is 0.801. The summed E-state index contributed by atoms with van der Waals surface area (Å²) in [6, 6.07) is 12.4.